The van der Waals surface area contributed by atoms with Gasteiger partial charge in [-0.25, -0.2) is 9.78 Å². The number of ether oxygens (including phenoxy) is 1. The summed E-state index contributed by atoms with van der Waals surface area (Å²) in [6.07, 6.45) is 2.55. The van der Waals surface area contributed by atoms with Crippen LogP contribution in [0.5, 0.6) is 0 Å². The lowest BCUT2D eigenvalue weighted by molar-refractivity contribution is -0.136. The molecule has 1 aromatic heterocycles. The van der Waals surface area contributed by atoms with Crippen LogP contribution in [0.3, 0.4) is 0 Å². The zero-order valence-corrected chi connectivity index (χ0v) is 19.0. The number of nitrogens with one attached hydrogen (secondary N) is 2. The smallest absolute Gasteiger partial charge is 0.408 e. The molecule has 0 unspecified atom stereocenters. The zero-order chi connectivity index (χ0) is 23.0. The van der Waals surface area contributed by atoms with Crippen molar-refractivity contribution < 1.29 is 19.1 Å². The third-order valence-electron chi connectivity index (χ3n) is 5.11. The molecular formula is C24H33N3O4. The standard InChI is InChI=1S/C24H33N3O4/c1-6-7-12-19(26-24(30)31-22(15(2)3)16(4)5)21(28)23(29)27-20-13-17-10-8-9-11-18(17)14-25-20/h8-11,13-16,19,22H,6-7,12H2,1-5H3,(H,26,30)(H,25,27,29)/t19-/m0/s1. The largest absolute Gasteiger partial charge is 0.446 e. The Morgan fingerprint density at radius 3 is 2.29 bits per heavy atom. The minimum Gasteiger partial charge on any atom is -0.446 e. The Kier molecular flexibility index (Phi) is 8.97. The molecule has 2 amide bonds. The number of amides is 2. The van der Waals surface area contributed by atoms with Gasteiger partial charge < -0.3 is 15.4 Å². The van der Waals surface area contributed by atoms with Gasteiger partial charge >= 0.3 is 6.09 Å². The molecule has 168 valence electrons. The van der Waals surface area contributed by atoms with E-state index in [2.05, 4.69) is 15.6 Å². The normalized spacial score (nSPS) is 12.3. The van der Waals surface area contributed by atoms with E-state index in [0.717, 1.165) is 17.2 Å². The molecular weight excluding hydrogens is 394 g/mol. The summed E-state index contributed by atoms with van der Waals surface area (Å²) in [5.41, 5.74) is 0. The highest BCUT2D eigenvalue weighted by molar-refractivity contribution is 6.42. The van der Waals surface area contributed by atoms with E-state index in [1.807, 2.05) is 58.9 Å². The summed E-state index contributed by atoms with van der Waals surface area (Å²) in [4.78, 5) is 42.0. The molecule has 0 saturated heterocycles. The first-order chi connectivity index (χ1) is 14.7. The fourth-order valence-electron chi connectivity index (χ4n) is 3.51. The van der Waals surface area contributed by atoms with Crippen molar-refractivity contribution >= 4 is 34.4 Å². The third kappa shape index (κ3) is 7.05. The zero-order valence-electron chi connectivity index (χ0n) is 19.0. The topological polar surface area (TPSA) is 97.4 Å². The lowest BCUT2D eigenvalue weighted by Gasteiger charge is -2.26. The summed E-state index contributed by atoms with van der Waals surface area (Å²) in [6, 6.07) is 8.36. The Bertz CT molecular complexity index is 903. The van der Waals surface area contributed by atoms with E-state index >= 15 is 0 Å². The molecule has 7 nitrogen and oxygen atoms in total. The molecule has 1 atom stereocenters. The van der Waals surface area contributed by atoms with Crippen LogP contribution in [0.15, 0.2) is 36.5 Å². The second-order valence-electron chi connectivity index (χ2n) is 8.43. The molecule has 0 aliphatic rings. The molecule has 0 aliphatic heterocycles. The van der Waals surface area contributed by atoms with Crippen LogP contribution < -0.4 is 10.6 Å². The average Bonchev–Trinajstić information content (AvgIpc) is 2.73. The molecule has 1 aromatic carbocycles. The Morgan fingerprint density at radius 1 is 1.03 bits per heavy atom. The van der Waals surface area contributed by atoms with Gasteiger partial charge in [-0.1, -0.05) is 71.7 Å². The predicted molar refractivity (Wildman–Crippen MR) is 122 cm³/mol. The van der Waals surface area contributed by atoms with Gasteiger partial charge in [0.2, 0.25) is 5.78 Å². The van der Waals surface area contributed by atoms with Gasteiger partial charge in [0.15, 0.2) is 0 Å². The van der Waals surface area contributed by atoms with Crippen LogP contribution in [-0.2, 0) is 14.3 Å². The summed E-state index contributed by atoms with van der Waals surface area (Å²) in [6.45, 7) is 9.87. The fraction of sp³-hybridized carbons (Fsp3) is 0.500. The summed E-state index contributed by atoms with van der Waals surface area (Å²) < 4.78 is 5.53. The lowest BCUT2D eigenvalue weighted by atomic mass is 9.96. The number of hydrogen-bond donors (Lipinski definition) is 2. The van der Waals surface area contributed by atoms with Crippen LogP contribution in [0.2, 0.25) is 0 Å². The van der Waals surface area contributed by atoms with Crippen molar-refractivity contribution in [3.05, 3.63) is 36.5 Å². The Morgan fingerprint density at radius 2 is 1.68 bits per heavy atom. The first kappa shape index (κ1) is 24.3. The van der Waals surface area contributed by atoms with Gasteiger partial charge in [-0.05, 0) is 29.7 Å². The van der Waals surface area contributed by atoms with Gasteiger partial charge in [0.1, 0.15) is 18.0 Å². The summed E-state index contributed by atoms with van der Waals surface area (Å²) in [7, 11) is 0. The number of hydrogen-bond acceptors (Lipinski definition) is 5. The minimum atomic E-state index is -0.951. The molecule has 2 aromatic rings. The van der Waals surface area contributed by atoms with Crippen molar-refractivity contribution in [3.63, 3.8) is 0 Å². The molecule has 0 radical (unpaired) electrons. The molecule has 2 rings (SSSR count). The monoisotopic (exact) mass is 427 g/mol. The van der Waals surface area contributed by atoms with Gasteiger partial charge in [-0.2, -0.15) is 0 Å². The SMILES string of the molecule is CCCC[C@H](NC(=O)OC(C(C)C)C(C)C)C(=O)C(=O)Nc1cc2ccccc2cn1. The highest BCUT2D eigenvalue weighted by Crippen LogP contribution is 2.18. The molecule has 0 aliphatic carbocycles. The molecule has 1 heterocycles. The van der Waals surface area contributed by atoms with Crippen LogP contribution in [0.25, 0.3) is 10.8 Å². The number of aromatic nitrogens is 1. The second-order valence-corrected chi connectivity index (χ2v) is 8.43. The summed E-state index contributed by atoms with van der Waals surface area (Å²) >= 11 is 0. The number of nitrogens with zero attached hydrogens (tertiary/aromatic N) is 1. The number of anilines is 1. The van der Waals surface area contributed by atoms with Gasteiger partial charge in [0, 0.05) is 11.6 Å². The van der Waals surface area contributed by atoms with Crippen LogP contribution in [0.1, 0.15) is 53.9 Å². The van der Waals surface area contributed by atoms with Crippen molar-refractivity contribution in [2.24, 2.45) is 11.8 Å². The number of benzene rings is 1. The van der Waals surface area contributed by atoms with Gasteiger partial charge in [-0.3, -0.25) is 9.59 Å². The molecule has 2 N–H and O–H groups in total. The fourth-order valence-corrected chi connectivity index (χ4v) is 3.51. The van der Waals surface area contributed by atoms with Gasteiger partial charge in [0.05, 0.1) is 0 Å². The van der Waals surface area contributed by atoms with E-state index < -0.39 is 23.8 Å². The van der Waals surface area contributed by atoms with E-state index in [0.29, 0.717) is 12.8 Å². The number of pyridine rings is 1. The van der Waals surface area contributed by atoms with Crippen molar-refractivity contribution in [2.75, 3.05) is 5.32 Å². The van der Waals surface area contributed by atoms with Crippen molar-refractivity contribution in [3.8, 4) is 0 Å². The molecule has 0 saturated carbocycles. The quantitative estimate of drug-likeness (QED) is 0.535. The van der Waals surface area contributed by atoms with E-state index in [4.69, 9.17) is 4.74 Å². The van der Waals surface area contributed by atoms with Crippen LogP contribution in [-0.4, -0.2) is 34.9 Å². The van der Waals surface area contributed by atoms with E-state index in [-0.39, 0.29) is 23.8 Å². The maximum atomic E-state index is 12.8. The van der Waals surface area contributed by atoms with Crippen LogP contribution in [0.4, 0.5) is 10.6 Å². The minimum absolute atomic E-state index is 0.137. The summed E-state index contributed by atoms with van der Waals surface area (Å²) in [5, 5.41) is 6.98. The number of rotatable bonds is 10. The third-order valence-corrected chi connectivity index (χ3v) is 5.11. The number of Topliss-reactive ketones (excluding diaryl/α,β-unsaturated/α-hetero) is 1. The van der Waals surface area contributed by atoms with Crippen molar-refractivity contribution in [1.82, 2.24) is 10.3 Å². The summed E-state index contributed by atoms with van der Waals surface area (Å²) in [5.74, 6) is -0.969. The molecule has 0 spiro atoms. The maximum absolute atomic E-state index is 12.8. The molecule has 7 heteroatoms. The predicted octanol–water partition coefficient (Wildman–Crippen LogP) is 4.71. The highest BCUT2D eigenvalue weighted by Gasteiger charge is 2.29. The lowest BCUT2D eigenvalue weighted by Crippen LogP contribution is -2.47. The van der Waals surface area contributed by atoms with Crippen molar-refractivity contribution in [2.45, 2.75) is 66.0 Å². The number of ketones is 1. The number of carbonyl (C=O) groups excluding carboxylic acids is 3. The van der Waals surface area contributed by atoms with Crippen LogP contribution >= 0.6 is 0 Å². The second kappa shape index (κ2) is 11.4. The van der Waals surface area contributed by atoms with E-state index in [1.54, 1.807) is 12.3 Å². The van der Waals surface area contributed by atoms with Gasteiger partial charge in [-0.15, -0.1) is 0 Å². The van der Waals surface area contributed by atoms with Gasteiger partial charge in [0.25, 0.3) is 5.91 Å². The van der Waals surface area contributed by atoms with Crippen LogP contribution in [0, 0.1) is 11.8 Å². The number of unbranched alkanes of at least 4 members (excludes halogenated alkanes) is 1. The van der Waals surface area contributed by atoms with E-state index in [1.165, 1.54) is 0 Å². The molecule has 31 heavy (non-hydrogen) atoms. The first-order valence-corrected chi connectivity index (χ1v) is 10.9. The highest BCUT2D eigenvalue weighted by atomic mass is 16.6. The molecule has 0 bridgehead atoms. The number of fused-ring (bicyclic) bond motifs is 1. The number of alkyl carbamates (subject to hydrolysis) is 1. The average molecular weight is 428 g/mol. The Balaban J connectivity index is 2.07. The first-order valence-electron chi connectivity index (χ1n) is 10.9. The maximum Gasteiger partial charge on any atom is 0.408 e. The Labute approximate surface area is 184 Å². The van der Waals surface area contributed by atoms with Crippen molar-refractivity contribution in [1.29, 1.82) is 0 Å². The number of carbonyl (C=O) groups is 3. The molecule has 0 fully saturated rings. The van der Waals surface area contributed by atoms with E-state index in [9.17, 15) is 14.4 Å². The Hall–Kier alpha value is -2.96.